The summed E-state index contributed by atoms with van der Waals surface area (Å²) in [5.74, 6) is 0. The molecule has 0 spiro atoms. The van der Waals surface area contributed by atoms with E-state index in [1.165, 1.54) is 25.9 Å². The van der Waals surface area contributed by atoms with E-state index in [9.17, 15) is 4.79 Å². The number of ether oxygens (including phenoxy) is 1. The second-order valence-corrected chi connectivity index (χ2v) is 6.97. The first-order valence-electron chi connectivity index (χ1n) is 7.82. The SMILES string of the molecule is C[C@@H]([C@@H]1CN(C(=O)OC(C)(C)C)CCN1)N1CCCC1. The highest BCUT2D eigenvalue weighted by Gasteiger charge is 2.32. The molecule has 0 unspecified atom stereocenters. The van der Waals surface area contributed by atoms with Gasteiger partial charge < -0.3 is 15.0 Å². The van der Waals surface area contributed by atoms with Crippen molar-refractivity contribution in [2.75, 3.05) is 32.7 Å². The molecule has 2 saturated heterocycles. The molecule has 2 aliphatic rings. The Bertz CT molecular complexity index is 335. The van der Waals surface area contributed by atoms with E-state index in [4.69, 9.17) is 4.74 Å². The van der Waals surface area contributed by atoms with Crippen LogP contribution in [0, 0.1) is 0 Å². The second-order valence-electron chi connectivity index (χ2n) is 6.97. The summed E-state index contributed by atoms with van der Waals surface area (Å²) in [6.07, 6.45) is 2.41. The Morgan fingerprint density at radius 3 is 2.50 bits per heavy atom. The first-order valence-corrected chi connectivity index (χ1v) is 7.82. The standard InChI is InChI=1S/C15H29N3O2/c1-12(17-8-5-6-9-17)13-11-18(10-7-16-13)14(19)20-15(2,3)4/h12-13,16H,5-11H2,1-4H3/t12-,13-/m0/s1. The predicted octanol–water partition coefficient (Wildman–Crippen LogP) is 1.68. The Hall–Kier alpha value is -0.810. The smallest absolute Gasteiger partial charge is 0.410 e. The van der Waals surface area contributed by atoms with Crippen LogP contribution in [-0.2, 0) is 4.74 Å². The van der Waals surface area contributed by atoms with Crippen molar-refractivity contribution in [2.24, 2.45) is 0 Å². The summed E-state index contributed by atoms with van der Waals surface area (Å²) in [7, 11) is 0. The van der Waals surface area contributed by atoms with Gasteiger partial charge in [0.05, 0.1) is 0 Å². The van der Waals surface area contributed by atoms with Crippen LogP contribution in [0.15, 0.2) is 0 Å². The molecule has 2 atom stereocenters. The second kappa shape index (κ2) is 6.31. The number of nitrogens with zero attached hydrogens (tertiary/aromatic N) is 2. The third-order valence-corrected chi connectivity index (χ3v) is 4.16. The average Bonchev–Trinajstić information content (AvgIpc) is 2.90. The number of hydrogen-bond donors (Lipinski definition) is 1. The van der Waals surface area contributed by atoms with E-state index < -0.39 is 5.60 Å². The Labute approximate surface area is 122 Å². The van der Waals surface area contributed by atoms with E-state index in [0.717, 1.165) is 19.6 Å². The van der Waals surface area contributed by atoms with E-state index in [1.807, 2.05) is 25.7 Å². The van der Waals surface area contributed by atoms with E-state index in [0.29, 0.717) is 12.1 Å². The third-order valence-electron chi connectivity index (χ3n) is 4.16. The molecular formula is C15H29N3O2. The van der Waals surface area contributed by atoms with Gasteiger partial charge in [-0.2, -0.15) is 0 Å². The topological polar surface area (TPSA) is 44.8 Å². The molecule has 116 valence electrons. The lowest BCUT2D eigenvalue weighted by Gasteiger charge is -2.40. The number of rotatable bonds is 2. The van der Waals surface area contributed by atoms with Gasteiger partial charge in [0.1, 0.15) is 5.60 Å². The number of amides is 1. The number of piperazine rings is 1. The third kappa shape index (κ3) is 4.09. The van der Waals surface area contributed by atoms with Gasteiger partial charge in [-0.15, -0.1) is 0 Å². The molecule has 2 heterocycles. The van der Waals surface area contributed by atoms with Crippen LogP contribution in [0.1, 0.15) is 40.5 Å². The lowest BCUT2D eigenvalue weighted by Crippen LogP contribution is -2.60. The molecule has 1 amide bonds. The van der Waals surface area contributed by atoms with Gasteiger partial charge in [0.2, 0.25) is 0 Å². The van der Waals surface area contributed by atoms with Crippen LogP contribution in [0.4, 0.5) is 4.79 Å². The van der Waals surface area contributed by atoms with Crippen LogP contribution >= 0.6 is 0 Å². The highest BCUT2D eigenvalue weighted by molar-refractivity contribution is 5.68. The summed E-state index contributed by atoms with van der Waals surface area (Å²) < 4.78 is 5.48. The maximum Gasteiger partial charge on any atom is 0.410 e. The van der Waals surface area contributed by atoms with Gasteiger partial charge in [-0.05, 0) is 53.6 Å². The monoisotopic (exact) mass is 283 g/mol. The van der Waals surface area contributed by atoms with Gasteiger partial charge in [-0.1, -0.05) is 0 Å². The van der Waals surface area contributed by atoms with Crippen molar-refractivity contribution >= 4 is 6.09 Å². The van der Waals surface area contributed by atoms with Crippen molar-refractivity contribution < 1.29 is 9.53 Å². The zero-order valence-electron chi connectivity index (χ0n) is 13.3. The van der Waals surface area contributed by atoms with E-state index in [2.05, 4.69) is 17.1 Å². The molecule has 1 N–H and O–H groups in total. The first-order chi connectivity index (χ1) is 9.37. The molecular weight excluding hydrogens is 254 g/mol. The largest absolute Gasteiger partial charge is 0.444 e. The Morgan fingerprint density at radius 2 is 1.90 bits per heavy atom. The Morgan fingerprint density at radius 1 is 1.25 bits per heavy atom. The lowest BCUT2D eigenvalue weighted by molar-refractivity contribution is 0.0159. The van der Waals surface area contributed by atoms with Gasteiger partial charge in [0.25, 0.3) is 0 Å². The summed E-state index contributed by atoms with van der Waals surface area (Å²) in [5, 5.41) is 3.55. The molecule has 5 nitrogen and oxygen atoms in total. The van der Waals surface area contributed by atoms with E-state index in [-0.39, 0.29) is 6.09 Å². The predicted molar refractivity (Wildman–Crippen MR) is 79.9 cm³/mol. The molecule has 0 radical (unpaired) electrons. The number of nitrogens with one attached hydrogen (secondary N) is 1. The van der Waals surface area contributed by atoms with Gasteiger partial charge in [0.15, 0.2) is 0 Å². The zero-order chi connectivity index (χ0) is 14.8. The Kier molecular flexibility index (Phi) is 4.91. The van der Waals surface area contributed by atoms with Crippen LogP contribution in [0.5, 0.6) is 0 Å². The maximum atomic E-state index is 12.2. The van der Waals surface area contributed by atoms with E-state index >= 15 is 0 Å². The van der Waals surface area contributed by atoms with Crippen LogP contribution in [-0.4, -0.2) is 66.3 Å². The number of hydrogen-bond acceptors (Lipinski definition) is 4. The maximum absolute atomic E-state index is 12.2. The van der Waals surface area contributed by atoms with Gasteiger partial charge in [-0.25, -0.2) is 4.79 Å². The minimum atomic E-state index is -0.419. The molecule has 2 aliphatic heterocycles. The number of carbonyl (C=O) groups excluding carboxylic acids is 1. The fraction of sp³-hybridized carbons (Fsp3) is 0.933. The van der Waals surface area contributed by atoms with E-state index in [1.54, 1.807) is 0 Å². The van der Waals surface area contributed by atoms with Crippen LogP contribution in [0.2, 0.25) is 0 Å². The van der Waals surface area contributed by atoms with Gasteiger partial charge in [-0.3, -0.25) is 4.90 Å². The fourth-order valence-corrected chi connectivity index (χ4v) is 3.00. The molecule has 2 fully saturated rings. The van der Waals surface area contributed by atoms with Crippen molar-refractivity contribution in [3.8, 4) is 0 Å². The van der Waals surface area contributed by atoms with Crippen LogP contribution < -0.4 is 5.32 Å². The van der Waals surface area contributed by atoms with Gasteiger partial charge >= 0.3 is 6.09 Å². The minimum Gasteiger partial charge on any atom is -0.444 e. The highest BCUT2D eigenvalue weighted by atomic mass is 16.6. The van der Waals surface area contributed by atoms with Crippen LogP contribution in [0.3, 0.4) is 0 Å². The minimum absolute atomic E-state index is 0.183. The molecule has 0 aliphatic carbocycles. The number of carbonyl (C=O) groups is 1. The summed E-state index contributed by atoms with van der Waals surface area (Å²) in [6.45, 7) is 12.7. The normalized spacial score (nSPS) is 26.6. The molecule has 0 bridgehead atoms. The molecule has 20 heavy (non-hydrogen) atoms. The summed E-state index contributed by atoms with van der Waals surface area (Å²) in [5.41, 5.74) is -0.419. The van der Waals surface area contributed by atoms with Crippen molar-refractivity contribution in [3.05, 3.63) is 0 Å². The first kappa shape index (κ1) is 15.6. The molecule has 0 aromatic heterocycles. The fourth-order valence-electron chi connectivity index (χ4n) is 3.00. The summed E-state index contributed by atoms with van der Waals surface area (Å²) in [6, 6.07) is 0.817. The average molecular weight is 283 g/mol. The van der Waals surface area contributed by atoms with Gasteiger partial charge in [0, 0.05) is 31.7 Å². The van der Waals surface area contributed by atoms with Crippen molar-refractivity contribution in [3.63, 3.8) is 0 Å². The summed E-state index contributed by atoms with van der Waals surface area (Å²) in [4.78, 5) is 16.5. The van der Waals surface area contributed by atoms with Crippen molar-refractivity contribution in [1.29, 1.82) is 0 Å². The molecule has 0 aromatic rings. The Balaban J connectivity index is 1.89. The molecule has 0 saturated carbocycles. The number of likely N-dealkylation sites (tertiary alicyclic amines) is 1. The highest BCUT2D eigenvalue weighted by Crippen LogP contribution is 2.17. The lowest BCUT2D eigenvalue weighted by atomic mass is 10.1. The molecule has 0 aromatic carbocycles. The summed E-state index contributed by atoms with van der Waals surface area (Å²) >= 11 is 0. The quantitative estimate of drug-likeness (QED) is 0.837. The van der Waals surface area contributed by atoms with Crippen molar-refractivity contribution in [1.82, 2.24) is 15.1 Å². The van der Waals surface area contributed by atoms with Crippen LogP contribution in [0.25, 0.3) is 0 Å². The zero-order valence-corrected chi connectivity index (χ0v) is 13.3. The molecule has 5 heteroatoms. The van der Waals surface area contributed by atoms with Crippen molar-refractivity contribution in [2.45, 2.75) is 58.2 Å². The molecule has 2 rings (SSSR count).